The minimum atomic E-state index is -4.99. The number of unbranched alkanes of at least 4 members (excludes halogenated alkanes) is 29. The first-order valence-corrected chi connectivity index (χ1v) is 44.4. The van der Waals surface area contributed by atoms with Gasteiger partial charge >= 0.3 is 39.5 Å². The van der Waals surface area contributed by atoms with Gasteiger partial charge in [-0.2, -0.15) is 0 Å². The number of phosphoric ester groups is 2. The highest BCUT2D eigenvalue weighted by atomic mass is 31.2. The lowest BCUT2D eigenvalue weighted by molar-refractivity contribution is -0.161. The summed E-state index contributed by atoms with van der Waals surface area (Å²) in [5.41, 5.74) is 0. The van der Waals surface area contributed by atoms with Crippen LogP contribution >= 0.6 is 15.6 Å². The molecule has 5 atom stereocenters. The van der Waals surface area contributed by atoms with Gasteiger partial charge in [-0.3, -0.25) is 37.3 Å². The van der Waals surface area contributed by atoms with E-state index >= 15 is 0 Å². The number of hydrogen-bond acceptors (Lipinski definition) is 15. The molecule has 0 aromatic rings. The molecule has 0 fully saturated rings. The molecule has 0 aromatic carbocycles. The highest BCUT2D eigenvalue weighted by Gasteiger charge is 2.30. The summed E-state index contributed by atoms with van der Waals surface area (Å²) in [4.78, 5) is 73.1. The van der Waals surface area contributed by atoms with Gasteiger partial charge in [0.15, 0.2) is 12.2 Å². The number of carbonyl (C=O) groups is 4. The van der Waals surface area contributed by atoms with Crippen molar-refractivity contribution in [1.29, 1.82) is 0 Å². The van der Waals surface area contributed by atoms with E-state index in [1.807, 2.05) is 0 Å². The molecule has 0 heterocycles. The summed E-state index contributed by atoms with van der Waals surface area (Å²) in [5, 5.41) is 10.7. The maximum Gasteiger partial charge on any atom is 0.472 e. The normalized spacial score (nSPS) is 14.5. The van der Waals surface area contributed by atoms with Crippen LogP contribution in [0.25, 0.3) is 0 Å². The lowest BCUT2D eigenvalue weighted by atomic mass is 10.1. The number of esters is 4. The predicted molar refractivity (Wildman–Crippen MR) is 436 cm³/mol. The van der Waals surface area contributed by atoms with Crippen LogP contribution in [0.2, 0.25) is 0 Å². The van der Waals surface area contributed by atoms with Gasteiger partial charge in [-0.25, -0.2) is 9.13 Å². The fourth-order valence-electron chi connectivity index (χ4n) is 10.9. The Hall–Kier alpha value is -4.80. The highest BCUT2D eigenvalue weighted by Crippen LogP contribution is 2.45. The van der Waals surface area contributed by atoms with Gasteiger partial charge in [0, 0.05) is 25.7 Å². The van der Waals surface area contributed by atoms with E-state index in [9.17, 15) is 43.2 Å². The van der Waals surface area contributed by atoms with E-state index in [4.69, 9.17) is 37.0 Å². The number of allylic oxidation sites excluding steroid dienone is 22. The maximum atomic E-state index is 13.1. The quantitative estimate of drug-likeness (QED) is 0.0169. The van der Waals surface area contributed by atoms with E-state index in [1.165, 1.54) is 57.8 Å². The van der Waals surface area contributed by atoms with E-state index in [2.05, 4.69) is 161 Å². The molecule has 19 heteroatoms. The summed E-state index contributed by atoms with van der Waals surface area (Å²) < 4.78 is 68.7. The van der Waals surface area contributed by atoms with Crippen LogP contribution in [-0.4, -0.2) is 96.7 Å². The van der Waals surface area contributed by atoms with Crippen LogP contribution in [0.1, 0.15) is 336 Å². The summed E-state index contributed by atoms with van der Waals surface area (Å²) in [7, 11) is -9.98. The first-order chi connectivity index (χ1) is 51.7. The first kappa shape index (κ1) is 101. The van der Waals surface area contributed by atoms with E-state index < -0.39 is 97.5 Å². The number of ether oxygens (including phenoxy) is 4. The fraction of sp³-hybridized carbons (Fsp3) is 0.701. The SMILES string of the molecule is CC/C=C\C/C=C\C/C=C\C/C=C\C/C=C\CCCCCC(=O)OCC(COP(=O)(O)OCC(O)COP(=O)(O)OCC(COC(=O)CCCCCCCC/C=C\C/C=C\C/C=C\CCCCC)OC(=O)CCCCCCCCC/C=C\C/C=C\C/C=C\CC)OC(=O)CCCCCCCCCCCCC. The Morgan fingerprint density at radius 2 is 0.491 bits per heavy atom. The minimum Gasteiger partial charge on any atom is -0.462 e. The van der Waals surface area contributed by atoms with Crippen molar-refractivity contribution in [2.24, 2.45) is 0 Å². The summed E-state index contributed by atoms with van der Waals surface area (Å²) in [6, 6.07) is 0. The Balaban J connectivity index is 5.37. The Morgan fingerprint density at radius 3 is 0.783 bits per heavy atom. The van der Waals surface area contributed by atoms with Crippen molar-refractivity contribution >= 4 is 39.5 Å². The standard InChI is InChI=1S/C87H148O17P2/c1-5-9-13-17-21-25-29-32-35-38-40-43-45-48-52-55-59-63-67-71-84(89)97-77-82(103-86(91)73-69-65-61-57-51-28-24-20-16-12-8-4)79-101-105(93,94)99-75-81(88)76-100-106(95,96)102-80-83(104-87(92)74-70-66-62-58-54-50-47-42-37-34-31-27-23-19-15-11-7-3)78-98-85(90)72-68-64-60-56-53-49-46-44-41-39-36-33-30-26-22-18-14-10-6-2/h9,11,13,15,21-23,25-27,32-37,40-41,43-44,48,52,81-83,88H,5-8,10,12,14,16-20,24,28-31,38-39,42,45-47,49-51,53-80H2,1-4H3,(H,93,94)(H,95,96)/b13-9-,15-11-,25-21-,26-22-,27-23-,35-32-,36-33-,37-34-,43-40-,44-41-,52-48-. The Labute approximate surface area is 644 Å². The van der Waals surface area contributed by atoms with Gasteiger partial charge in [-0.1, -0.05) is 303 Å². The lowest BCUT2D eigenvalue weighted by Crippen LogP contribution is -2.30. The molecule has 0 aliphatic rings. The molecule has 608 valence electrons. The Bertz CT molecular complexity index is 2530. The Kier molecular flexibility index (Phi) is 74.8. The van der Waals surface area contributed by atoms with Crippen molar-refractivity contribution in [1.82, 2.24) is 0 Å². The molecule has 5 unspecified atom stereocenters. The number of aliphatic hydroxyl groups excluding tert-OH is 1. The fourth-order valence-corrected chi connectivity index (χ4v) is 12.4. The Morgan fingerprint density at radius 1 is 0.274 bits per heavy atom. The van der Waals surface area contributed by atoms with Gasteiger partial charge in [0.2, 0.25) is 0 Å². The molecule has 106 heavy (non-hydrogen) atoms. The largest absolute Gasteiger partial charge is 0.472 e. The number of rotatable bonds is 77. The zero-order valence-corrected chi connectivity index (χ0v) is 68.4. The van der Waals surface area contributed by atoms with Crippen molar-refractivity contribution in [2.75, 3.05) is 39.6 Å². The zero-order valence-electron chi connectivity index (χ0n) is 66.6. The molecular weight excluding hydrogens is 1380 g/mol. The molecule has 0 spiro atoms. The second-order valence-corrected chi connectivity index (χ2v) is 30.2. The van der Waals surface area contributed by atoms with Gasteiger partial charge < -0.3 is 33.8 Å². The predicted octanol–water partition coefficient (Wildman–Crippen LogP) is 24.4. The molecular formula is C87H148O17P2. The molecule has 0 radical (unpaired) electrons. The molecule has 0 aliphatic carbocycles. The van der Waals surface area contributed by atoms with Crippen molar-refractivity contribution in [3.05, 3.63) is 134 Å². The highest BCUT2D eigenvalue weighted by molar-refractivity contribution is 7.47. The molecule has 17 nitrogen and oxygen atoms in total. The van der Waals surface area contributed by atoms with Gasteiger partial charge in [-0.15, -0.1) is 0 Å². The molecule has 0 amide bonds. The van der Waals surface area contributed by atoms with E-state index in [1.54, 1.807) is 0 Å². The van der Waals surface area contributed by atoms with Crippen molar-refractivity contribution in [2.45, 2.75) is 354 Å². The van der Waals surface area contributed by atoms with Gasteiger partial charge in [0.05, 0.1) is 26.4 Å². The second-order valence-electron chi connectivity index (χ2n) is 27.3. The first-order valence-electron chi connectivity index (χ1n) is 41.4. The van der Waals surface area contributed by atoms with Crippen LogP contribution in [0.4, 0.5) is 0 Å². The van der Waals surface area contributed by atoms with Gasteiger partial charge in [-0.05, 0) is 141 Å². The number of phosphoric acid groups is 2. The molecule has 0 aromatic heterocycles. The minimum absolute atomic E-state index is 0.0779. The lowest BCUT2D eigenvalue weighted by Gasteiger charge is -2.21. The number of aliphatic hydroxyl groups is 1. The monoisotopic (exact) mass is 1530 g/mol. The van der Waals surface area contributed by atoms with Crippen molar-refractivity contribution < 1.29 is 80.2 Å². The van der Waals surface area contributed by atoms with Crippen molar-refractivity contribution in [3.8, 4) is 0 Å². The third kappa shape index (κ3) is 77.4. The van der Waals surface area contributed by atoms with Gasteiger partial charge in [0.1, 0.15) is 19.3 Å². The van der Waals surface area contributed by atoms with E-state index in [0.717, 1.165) is 199 Å². The molecule has 0 bridgehead atoms. The van der Waals surface area contributed by atoms with Crippen LogP contribution in [0.3, 0.4) is 0 Å². The summed E-state index contributed by atoms with van der Waals surface area (Å²) in [6.07, 6.45) is 88.5. The zero-order chi connectivity index (χ0) is 77.4. The molecule has 0 aliphatic heterocycles. The van der Waals surface area contributed by atoms with Crippen molar-refractivity contribution in [3.63, 3.8) is 0 Å². The van der Waals surface area contributed by atoms with E-state index in [-0.39, 0.29) is 25.7 Å². The number of carbonyl (C=O) groups excluding carboxylic acids is 4. The summed E-state index contributed by atoms with van der Waals surface area (Å²) >= 11 is 0. The molecule has 0 saturated heterocycles. The van der Waals surface area contributed by atoms with Crippen LogP contribution in [0, 0.1) is 0 Å². The van der Waals surface area contributed by atoms with Gasteiger partial charge in [0.25, 0.3) is 0 Å². The van der Waals surface area contributed by atoms with E-state index in [0.29, 0.717) is 25.7 Å². The molecule has 0 rings (SSSR count). The third-order valence-electron chi connectivity index (χ3n) is 17.1. The van der Waals surface area contributed by atoms with Crippen LogP contribution in [0.15, 0.2) is 134 Å². The molecule has 3 N–H and O–H groups in total. The van der Waals surface area contributed by atoms with Crippen LogP contribution < -0.4 is 0 Å². The summed E-state index contributed by atoms with van der Waals surface area (Å²) in [6.45, 7) is 4.58. The third-order valence-corrected chi connectivity index (χ3v) is 19.0. The summed E-state index contributed by atoms with van der Waals surface area (Å²) in [5.74, 6) is -2.23. The van der Waals surface area contributed by atoms with Crippen LogP contribution in [0.5, 0.6) is 0 Å². The topological polar surface area (TPSA) is 237 Å². The van der Waals surface area contributed by atoms with Crippen LogP contribution in [-0.2, 0) is 65.4 Å². The average Bonchev–Trinajstić information content (AvgIpc) is 0.901. The maximum absolute atomic E-state index is 13.1. The second kappa shape index (κ2) is 78.3. The average molecular weight is 1530 g/mol. The number of hydrogen-bond donors (Lipinski definition) is 3. The molecule has 0 saturated carbocycles. The smallest absolute Gasteiger partial charge is 0.462 e.